The fourth-order valence-corrected chi connectivity index (χ4v) is 2.14. The molecule has 20 heavy (non-hydrogen) atoms. The van der Waals surface area contributed by atoms with E-state index in [-0.39, 0.29) is 5.78 Å². The molecule has 0 N–H and O–H groups in total. The van der Waals surface area contributed by atoms with Gasteiger partial charge in [-0.3, -0.25) is 4.79 Å². The van der Waals surface area contributed by atoms with E-state index in [4.69, 9.17) is 4.84 Å². The Morgan fingerprint density at radius 1 is 0.950 bits per heavy atom. The van der Waals surface area contributed by atoms with Crippen LogP contribution in [0.3, 0.4) is 0 Å². The molecule has 0 bridgehead atoms. The van der Waals surface area contributed by atoms with Gasteiger partial charge < -0.3 is 4.84 Å². The van der Waals surface area contributed by atoms with Gasteiger partial charge in [0.05, 0.1) is 0 Å². The van der Waals surface area contributed by atoms with Crippen LogP contribution in [0.25, 0.3) is 0 Å². The summed E-state index contributed by atoms with van der Waals surface area (Å²) >= 11 is 0. The molecule has 0 fully saturated rings. The number of nitrogens with zero attached hydrogens (tertiary/aromatic N) is 1. The Morgan fingerprint density at radius 3 is 2.20 bits per heavy atom. The number of hydrogen-bond donors (Lipinski definition) is 0. The van der Waals surface area contributed by atoms with Crippen LogP contribution in [0.1, 0.15) is 15.9 Å². The maximum Gasteiger partial charge on any atom is 0.351 e. The molecule has 2 aromatic rings. The highest BCUT2D eigenvalue weighted by molar-refractivity contribution is 6.29. The van der Waals surface area contributed by atoms with E-state index in [1.807, 2.05) is 24.3 Å². The zero-order valence-electron chi connectivity index (χ0n) is 10.5. The standard InChI is InChI=1S/C16H11NO3/c18-15(12-9-5-2-6-10-12)13-14(17-20-16(13)19)11-7-3-1-4-8-11/h1-10,13H. The van der Waals surface area contributed by atoms with Crippen LogP contribution in [0.4, 0.5) is 0 Å². The summed E-state index contributed by atoms with van der Waals surface area (Å²) in [5.74, 6) is -1.91. The summed E-state index contributed by atoms with van der Waals surface area (Å²) in [4.78, 5) is 29.0. The molecule has 0 saturated carbocycles. The van der Waals surface area contributed by atoms with E-state index in [9.17, 15) is 9.59 Å². The second-order valence-corrected chi connectivity index (χ2v) is 4.42. The van der Waals surface area contributed by atoms with E-state index in [1.54, 1.807) is 36.4 Å². The predicted molar refractivity (Wildman–Crippen MR) is 73.3 cm³/mol. The lowest BCUT2D eigenvalue weighted by atomic mass is 9.90. The van der Waals surface area contributed by atoms with E-state index < -0.39 is 11.9 Å². The molecule has 1 atom stereocenters. The third-order valence-corrected chi connectivity index (χ3v) is 3.13. The minimum absolute atomic E-state index is 0.296. The summed E-state index contributed by atoms with van der Waals surface area (Å²) in [6.07, 6.45) is 0. The summed E-state index contributed by atoms with van der Waals surface area (Å²) in [5.41, 5.74) is 1.55. The normalized spacial score (nSPS) is 17.5. The van der Waals surface area contributed by atoms with Crippen molar-refractivity contribution in [2.45, 2.75) is 0 Å². The lowest BCUT2D eigenvalue weighted by Crippen LogP contribution is -2.28. The SMILES string of the molecule is O=C1ON=C(c2ccccc2)C1C(=O)c1ccccc1. The van der Waals surface area contributed by atoms with E-state index in [0.29, 0.717) is 16.8 Å². The van der Waals surface area contributed by atoms with Crippen molar-refractivity contribution in [3.05, 3.63) is 71.8 Å². The molecule has 1 unspecified atom stereocenters. The number of ketones is 1. The van der Waals surface area contributed by atoms with Crippen LogP contribution in [0, 0.1) is 5.92 Å². The Kier molecular flexibility index (Phi) is 3.13. The minimum Gasteiger partial charge on any atom is -0.317 e. The molecule has 3 rings (SSSR count). The molecule has 1 heterocycles. The quantitative estimate of drug-likeness (QED) is 0.486. The molecule has 0 amide bonds. The molecule has 1 aliphatic rings. The summed E-state index contributed by atoms with van der Waals surface area (Å²) in [6.45, 7) is 0. The van der Waals surface area contributed by atoms with Gasteiger partial charge in [0, 0.05) is 11.1 Å². The smallest absolute Gasteiger partial charge is 0.317 e. The second-order valence-electron chi connectivity index (χ2n) is 4.42. The van der Waals surface area contributed by atoms with Crippen molar-refractivity contribution in [3.63, 3.8) is 0 Å². The first-order valence-electron chi connectivity index (χ1n) is 6.21. The first-order valence-corrected chi connectivity index (χ1v) is 6.21. The van der Waals surface area contributed by atoms with Crippen LogP contribution in [-0.2, 0) is 9.63 Å². The van der Waals surface area contributed by atoms with Crippen molar-refractivity contribution >= 4 is 17.5 Å². The molecular weight excluding hydrogens is 254 g/mol. The highest BCUT2D eigenvalue weighted by atomic mass is 16.7. The highest BCUT2D eigenvalue weighted by Crippen LogP contribution is 2.22. The van der Waals surface area contributed by atoms with Crippen molar-refractivity contribution in [3.8, 4) is 0 Å². The summed E-state index contributed by atoms with van der Waals surface area (Å²) < 4.78 is 0. The van der Waals surface area contributed by atoms with Crippen LogP contribution in [0.15, 0.2) is 65.8 Å². The number of carbonyl (C=O) groups excluding carboxylic acids is 2. The van der Waals surface area contributed by atoms with Gasteiger partial charge in [-0.15, -0.1) is 0 Å². The lowest BCUT2D eigenvalue weighted by Gasteiger charge is -2.08. The van der Waals surface area contributed by atoms with Gasteiger partial charge in [-0.25, -0.2) is 4.79 Å². The molecule has 0 saturated heterocycles. The van der Waals surface area contributed by atoms with Gasteiger partial charge in [0.25, 0.3) is 0 Å². The molecule has 4 heteroatoms. The first kappa shape index (κ1) is 12.3. The zero-order valence-corrected chi connectivity index (χ0v) is 10.5. The van der Waals surface area contributed by atoms with Crippen molar-refractivity contribution in [1.82, 2.24) is 0 Å². The Labute approximate surface area is 115 Å². The van der Waals surface area contributed by atoms with Gasteiger partial charge in [-0.2, -0.15) is 0 Å². The molecular formula is C16H11NO3. The van der Waals surface area contributed by atoms with Gasteiger partial charge in [0.1, 0.15) is 5.71 Å². The zero-order chi connectivity index (χ0) is 13.9. The van der Waals surface area contributed by atoms with E-state index in [1.165, 1.54) is 0 Å². The monoisotopic (exact) mass is 265 g/mol. The van der Waals surface area contributed by atoms with Crippen LogP contribution in [-0.4, -0.2) is 17.5 Å². The second kappa shape index (κ2) is 5.09. The summed E-state index contributed by atoms with van der Waals surface area (Å²) in [5, 5.41) is 3.76. The van der Waals surface area contributed by atoms with Crippen molar-refractivity contribution < 1.29 is 14.4 Å². The Bertz CT molecular complexity index is 677. The maximum atomic E-state index is 12.5. The van der Waals surface area contributed by atoms with E-state index in [0.717, 1.165) is 0 Å². The van der Waals surface area contributed by atoms with E-state index >= 15 is 0 Å². The number of carbonyl (C=O) groups is 2. The Hall–Kier alpha value is -2.75. The fourth-order valence-electron chi connectivity index (χ4n) is 2.14. The Balaban J connectivity index is 1.97. The molecule has 0 aliphatic carbocycles. The summed E-state index contributed by atoms with van der Waals surface area (Å²) in [6, 6.07) is 17.8. The average molecular weight is 265 g/mol. The minimum atomic E-state index is -0.986. The average Bonchev–Trinajstić information content (AvgIpc) is 2.90. The highest BCUT2D eigenvalue weighted by Gasteiger charge is 2.39. The third-order valence-electron chi connectivity index (χ3n) is 3.13. The topological polar surface area (TPSA) is 55.7 Å². The molecule has 1 aliphatic heterocycles. The van der Waals surface area contributed by atoms with Gasteiger partial charge >= 0.3 is 5.97 Å². The van der Waals surface area contributed by atoms with Crippen LogP contribution < -0.4 is 0 Å². The lowest BCUT2D eigenvalue weighted by molar-refractivity contribution is -0.142. The fraction of sp³-hybridized carbons (Fsp3) is 0.0625. The van der Waals surface area contributed by atoms with Crippen molar-refractivity contribution in [1.29, 1.82) is 0 Å². The number of Topliss-reactive ketones (excluding diaryl/α,β-unsaturated/α-hetero) is 1. The van der Waals surface area contributed by atoms with Gasteiger partial charge in [-0.1, -0.05) is 65.8 Å². The van der Waals surface area contributed by atoms with Crippen molar-refractivity contribution in [2.24, 2.45) is 11.1 Å². The van der Waals surface area contributed by atoms with Crippen LogP contribution in [0.2, 0.25) is 0 Å². The van der Waals surface area contributed by atoms with Gasteiger partial charge in [-0.05, 0) is 0 Å². The maximum absolute atomic E-state index is 12.5. The number of rotatable bonds is 3. The van der Waals surface area contributed by atoms with Crippen LogP contribution in [0.5, 0.6) is 0 Å². The number of oxime groups is 1. The Morgan fingerprint density at radius 2 is 1.55 bits per heavy atom. The number of benzene rings is 2. The van der Waals surface area contributed by atoms with Crippen molar-refractivity contribution in [2.75, 3.05) is 0 Å². The molecule has 2 aromatic carbocycles. The first-order chi connectivity index (χ1) is 9.77. The molecule has 0 aromatic heterocycles. The van der Waals surface area contributed by atoms with E-state index in [2.05, 4.69) is 5.16 Å². The number of hydrogen-bond acceptors (Lipinski definition) is 4. The molecule has 0 spiro atoms. The summed E-state index contributed by atoms with van der Waals surface area (Å²) in [7, 11) is 0. The molecule has 98 valence electrons. The predicted octanol–water partition coefficient (Wildman–Crippen LogP) is 2.45. The third kappa shape index (κ3) is 2.12. The molecule has 0 radical (unpaired) electrons. The largest absolute Gasteiger partial charge is 0.351 e. The van der Waals surface area contributed by atoms with Gasteiger partial charge in [0.15, 0.2) is 11.7 Å². The van der Waals surface area contributed by atoms with Crippen LogP contribution >= 0.6 is 0 Å². The van der Waals surface area contributed by atoms with Gasteiger partial charge in [0.2, 0.25) is 0 Å². The molecule has 4 nitrogen and oxygen atoms in total.